The first-order valence-corrected chi connectivity index (χ1v) is 14.7. The van der Waals surface area contributed by atoms with Crippen LogP contribution in [0.3, 0.4) is 0 Å². The van der Waals surface area contributed by atoms with Gasteiger partial charge in [-0.05, 0) is 36.1 Å². The topological polar surface area (TPSA) is 72.7 Å². The number of fused-ring (bicyclic) bond motifs is 3. The summed E-state index contributed by atoms with van der Waals surface area (Å²) in [7, 11) is 0. The number of amides is 1. The summed E-state index contributed by atoms with van der Waals surface area (Å²) in [6.07, 6.45) is 0.806. The molecule has 1 amide bonds. The number of aromatic nitrogens is 4. The maximum atomic E-state index is 13.1. The van der Waals surface area contributed by atoms with Crippen LogP contribution in [-0.4, -0.2) is 37.5 Å². The number of para-hydroxylation sites is 1. The molecule has 6 aromatic rings. The SMILES string of the molecule is CC(Sc1nnc2c3ccccc3n(Cc3ccccc3)c2n1)C(=O)NCCC(c1ccccc1)c1ccccc1. The molecule has 41 heavy (non-hydrogen) atoms. The minimum atomic E-state index is -0.367. The highest BCUT2D eigenvalue weighted by molar-refractivity contribution is 8.00. The Morgan fingerprint density at radius 3 is 2.10 bits per heavy atom. The van der Waals surface area contributed by atoms with Crippen LogP contribution in [0.1, 0.15) is 36.0 Å². The first kappa shape index (κ1) is 26.7. The fourth-order valence-electron chi connectivity index (χ4n) is 5.26. The van der Waals surface area contributed by atoms with Crippen LogP contribution in [0.5, 0.6) is 0 Å². The molecule has 0 bridgehead atoms. The highest BCUT2D eigenvalue weighted by Crippen LogP contribution is 2.30. The molecule has 0 fully saturated rings. The van der Waals surface area contributed by atoms with Crippen LogP contribution in [0.15, 0.2) is 120 Å². The highest BCUT2D eigenvalue weighted by atomic mass is 32.2. The second kappa shape index (κ2) is 12.4. The molecule has 0 saturated heterocycles. The minimum absolute atomic E-state index is 0.0385. The Hall–Kier alpha value is -4.49. The standard InChI is InChI=1S/C34H31N5OS/c1-24(33(40)35-22-21-28(26-15-7-3-8-16-26)27-17-9-4-10-18-27)41-34-36-32-31(37-38-34)29-19-11-12-20-30(29)39(32)23-25-13-5-2-6-14-25/h2-20,24,28H,21-23H2,1H3,(H,35,40). The van der Waals surface area contributed by atoms with Crippen molar-refractivity contribution in [3.05, 3.63) is 132 Å². The van der Waals surface area contributed by atoms with Crippen molar-refractivity contribution < 1.29 is 4.79 Å². The molecule has 0 aliphatic carbocycles. The lowest BCUT2D eigenvalue weighted by Gasteiger charge is -2.19. The minimum Gasteiger partial charge on any atom is -0.355 e. The predicted octanol–water partition coefficient (Wildman–Crippen LogP) is 6.85. The summed E-state index contributed by atoms with van der Waals surface area (Å²) in [5.74, 6) is 0.172. The van der Waals surface area contributed by atoms with Crippen LogP contribution in [0.4, 0.5) is 0 Å². The zero-order chi connectivity index (χ0) is 28.0. The molecule has 1 atom stereocenters. The summed E-state index contributed by atoms with van der Waals surface area (Å²) in [6, 6.07) is 39.4. The van der Waals surface area contributed by atoms with E-state index in [0.717, 1.165) is 28.5 Å². The lowest BCUT2D eigenvalue weighted by molar-refractivity contribution is -0.120. The van der Waals surface area contributed by atoms with Gasteiger partial charge < -0.3 is 9.88 Å². The Bertz CT molecular complexity index is 1720. The Morgan fingerprint density at radius 1 is 0.805 bits per heavy atom. The van der Waals surface area contributed by atoms with Crippen LogP contribution < -0.4 is 5.32 Å². The lowest BCUT2D eigenvalue weighted by Crippen LogP contribution is -2.32. The third-order valence-corrected chi connectivity index (χ3v) is 8.28. The Morgan fingerprint density at radius 2 is 1.41 bits per heavy atom. The van der Waals surface area contributed by atoms with Gasteiger partial charge in [-0.15, -0.1) is 10.2 Å². The van der Waals surface area contributed by atoms with Crippen LogP contribution in [-0.2, 0) is 11.3 Å². The molecule has 2 heterocycles. The van der Waals surface area contributed by atoms with Crippen molar-refractivity contribution >= 4 is 39.7 Å². The van der Waals surface area contributed by atoms with E-state index in [2.05, 4.69) is 92.9 Å². The second-order valence-electron chi connectivity index (χ2n) is 10.1. The molecule has 7 heteroatoms. The van der Waals surface area contributed by atoms with E-state index in [-0.39, 0.29) is 17.1 Å². The first-order valence-electron chi connectivity index (χ1n) is 13.9. The molecule has 6 rings (SSSR count). The number of hydrogen-bond acceptors (Lipinski definition) is 5. The van der Waals surface area contributed by atoms with Gasteiger partial charge in [0, 0.05) is 24.4 Å². The first-order chi connectivity index (χ1) is 20.2. The summed E-state index contributed by atoms with van der Waals surface area (Å²) in [4.78, 5) is 18.0. The van der Waals surface area contributed by atoms with Gasteiger partial charge in [-0.2, -0.15) is 0 Å². The van der Waals surface area contributed by atoms with Crippen molar-refractivity contribution in [3.8, 4) is 0 Å². The zero-order valence-electron chi connectivity index (χ0n) is 22.9. The second-order valence-corrected chi connectivity index (χ2v) is 11.4. The fourth-order valence-corrected chi connectivity index (χ4v) is 5.99. The van der Waals surface area contributed by atoms with E-state index in [1.807, 2.05) is 49.4 Å². The van der Waals surface area contributed by atoms with Crippen molar-refractivity contribution in [2.45, 2.75) is 36.2 Å². The van der Waals surface area contributed by atoms with Crippen LogP contribution in [0, 0.1) is 0 Å². The lowest BCUT2D eigenvalue weighted by atomic mass is 9.88. The maximum Gasteiger partial charge on any atom is 0.233 e. The maximum absolute atomic E-state index is 13.1. The number of rotatable bonds is 10. The molecule has 0 spiro atoms. The molecule has 6 nitrogen and oxygen atoms in total. The van der Waals surface area contributed by atoms with Crippen molar-refractivity contribution in [2.24, 2.45) is 0 Å². The van der Waals surface area contributed by atoms with Gasteiger partial charge in [0.25, 0.3) is 0 Å². The van der Waals surface area contributed by atoms with E-state index in [4.69, 9.17) is 4.98 Å². The molecule has 0 radical (unpaired) electrons. The molecule has 1 N–H and O–H groups in total. The van der Waals surface area contributed by atoms with E-state index in [9.17, 15) is 4.79 Å². The largest absolute Gasteiger partial charge is 0.355 e. The third kappa shape index (κ3) is 6.00. The Kier molecular flexibility index (Phi) is 8.05. The van der Waals surface area contributed by atoms with Gasteiger partial charge in [-0.1, -0.05) is 121 Å². The number of thioether (sulfide) groups is 1. The fraction of sp³-hybridized carbons (Fsp3) is 0.176. The van der Waals surface area contributed by atoms with Gasteiger partial charge in [-0.25, -0.2) is 4.98 Å². The van der Waals surface area contributed by atoms with Crippen molar-refractivity contribution in [1.82, 2.24) is 25.1 Å². The van der Waals surface area contributed by atoms with Crippen LogP contribution in [0.25, 0.3) is 22.1 Å². The Balaban J connectivity index is 1.16. The number of carbonyl (C=O) groups is 1. The number of nitrogens with one attached hydrogen (secondary N) is 1. The molecule has 204 valence electrons. The van der Waals surface area contributed by atoms with E-state index < -0.39 is 0 Å². The molecule has 0 aliphatic rings. The van der Waals surface area contributed by atoms with Gasteiger partial charge in [-0.3, -0.25) is 4.79 Å². The van der Waals surface area contributed by atoms with Gasteiger partial charge in [0.1, 0.15) is 5.52 Å². The molecular weight excluding hydrogens is 526 g/mol. The van der Waals surface area contributed by atoms with E-state index in [1.165, 1.54) is 28.5 Å². The quantitative estimate of drug-likeness (QED) is 0.187. The Labute approximate surface area is 243 Å². The van der Waals surface area contributed by atoms with Gasteiger partial charge in [0.2, 0.25) is 11.1 Å². The van der Waals surface area contributed by atoms with E-state index >= 15 is 0 Å². The summed E-state index contributed by atoms with van der Waals surface area (Å²) >= 11 is 1.33. The average molecular weight is 558 g/mol. The van der Waals surface area contributed by atoms with Crippen molar-refractivity contribution in [3.63, 3.8) is 0 Å². The molecular formula is C34H31N5OS. The molecule has 0 aliphatic heterocycles. The summed E-state index contributed by atoms with van der Waals surface area (Å²) in [6.45, 7) is 3.13. The molecule has 4 aromatic carbocycles. The zero-order valence-corrected chi connectivity index (χ0v) is 23.7. The number of carbonyl (C=O) groups excluding carboxylic acids is 1. The highest BCUT2D eigenvalue weighted by Gasteiger charge is 2.20. The van der Waals surface area contributed by atoms with Crippen LogP contribution in [0.2, 0.25) is 0 Å². The van der Waals surface area contributed by atoms with Gasteiger partial charge >= 0.3 is 0 Å². The summed E-state index contributed by atoms with van der Waals surface area (Å²) in [5, 5.41) is 13.2. The molecule has 2 aromatic heterocycles. The number of nitrogens with zero attached hydrogens (tertiary/aromatic N) is 4. The normalized spacial score (nSPS) is 12.1. The van der Waals surface area contributed by atoms with Crippen LogP contribution >= 0.6 is 11.8 Å². The monoisotopic (exact) mass is 557 g/mol. The van der Waals surface area contributed by atoms with E-state index in [0.29, 0.717) is 18.2 Å². The number of benzene rings is 4. The average Bonchev–Trinajstić information content (AvgIpc) is 3.33. The molecule has 1 unspecified atom stereocenters. The number of hydrogen-bond donors (Lipinski definition) is 1. The van der Waals surface area contributed by atoms with Crippen molar-refractivity contribution in [2.75, 3.05) is 6.54 Å². The molecule has 0 saturated carbocycles. The third-order valence-electron chi connectivity index (χ3n) is 7.33. The predicted molar refractivity (Wildman–Crippen MR) is 166 cm³/mol. The summed E-state index contributed by atoms with van der Waals surface area (Å²) in [5.41, 5.74) is 6.27. The summed E-state index contributed by atoms with van der Waals surface area (Å²) < 4.78 is 2.18. The van der Waals surface area contributed by atoms with Crippen molar-refractivity contribution in [1.29, 1.82) is 0 Å². The van der Waals surface area contributed by atoms with E-state index in [1.54, 1.807) is 0 Å². The van der Waals surface area contributed by atoms with Gasteiger partial charge in [0.15, 0.2) is 5.65 Å². The van der Waals surface area contributed by atoms with Gasteiger partial charge in [0.05, 0.1) is 10.8 Å². The smallest absolute Gasteiger partial charge is 0.233 e.